The summed E-state index contributed by atoms with van der Waals surface area (Å²) in [6, 6.07) is 11.9. The minimum atomic E-state index is -0.557. The summed E-state index contributed by atoms with van der Waals surface area (Å²) in [5, 5.41) is 13.4. The lowest BCUT2D eigenvalue weighted by Crippen LogP contribution is -2.21. The van der Waals surface area contributed by atoms with Gasteiger partial charge in [-0.05, 0) is 30.3 Å². The summed E-state index contributed by atoms with van der Waals surface area (Å²) >= 11 is 0. The van der Waals surface area contributed by atoms with Crippen LogP contribution in [-0.2, 0) is 0 Å². The molecule has 0 aliphatic carbocycles. The third-order valence-corrected chi connectivity index (χ3v) is 3.12. The zero-order valence-corrected chi connectivity index (χ0v) is 12.6. The van der Waals surface area contributed by atoms with Crippen LogP contribution in [0.1, 0.15) is 20.7 Å². The summed E-state index contributed by atoms with van der Waals surface area (Å²) in [5.41, 5.74) is 1.04. The molecule has 0 aromatic heterocycles. The molecule has 118 valence electrons. The quantitative estimate of drug-likeness (QED) is 0.693. The van der Waals surface area contributed by atoms with E-state index in [0.29, 0.717) is 11.3 Å². The number of hydrogen-bond acceptors (Lipinski definition) is 4. The van der Waals surface area contributed by atoms with Gasteiger partial charge in [-0.3, -0.25) is 19.7 Å². The average molecular weight is 313 g/mol. The van der Waals surface area contributed by atoms with E-state index in [0.717, 1.165) is 0 Å². The molecule has 0 bridgehead atoms. The predicted octanol–water partition coefficient (Wildman–Crippen LogP) is 2.55. The van der Waals surface area contributed by atoms with Crippen molar-refractivity contribution in [2.75, 3.05) is 19.4 Å². The van der Waals surface area contributed by atoms with Gasteiger partial charge in [0, 0.05) is 43.0 Å². The van der Waals surface area contributed by atoms with Gasteiger partial charge in [0.2, 0.25) is 0 Å². The van der Waals surface area contributed by atoms with Crippen LogP contribution in [-0.4, -0.2) is 35.7 Å². The third kappa shape index (κ3) is 3.91. The molecule has 0 atom stereocenters. The number of carbonyl (C=O) groups is 2. The first kappa shape index (κ1) is 16.2. The molecular weight excluding hydrogens is 298 g/mol. The Balaban J connectivity index is 2.13. The smallest absolute Gasteiger partial charge is 0.270 e. The van der Waals surface area contributed by atoms with Gasteiger partial charge in [-0.2, -0.15) is 0 Å². The lowest BCUT2D eigenvalue weighted by atomic mass is 10.1. The molecule has 7 nitrogen and oxygen atoms in total. The number of benzene rings is 2. The van der Waals surface area contributed by atoms with Crippen molar-refractivity contribution in [2.45, 2.75) is 0 Å². The van der Waals surface area contributed by atoms with E-state index >= 15 is 0 Å². The minimum Gasteiger partial charge on any atom is -0.345 e. The fourth-order valence-electron chi connectivity index (χ4n) is 1.92. The summed E-state index contributed by atoms with van der Waals surface area (Å²) in [6.45, 7) is 0. The lowest BCUT2D eigenvalue weighted by Gasteiger charge is -2.11. The summed E-state index contributed by atoms with van der Waals surface area (Å²) in [5.74, 6) is -0.595. The second-order valence-electron chi connectivity index (χ2n) is 5.04. The van der Waals surface area contributed by atoms with Crippen molar-refractivity contribution in [1.82, 2.24) is 4.90 Å². The van der Waals surface area contributed by atoms with E-state index in [4.69, 9.17) is 0 Å². The van der Waals surface area contributed by atoms with Crippen LogP contribution < -0.4 is 5.32 Å². The van der Waals surface area contributed by atoms with Crippen molar-refractivity contribution < 1.29 is 14.5 Å². The zero-order chi connectivity index (χ0) is 17.0. The first-order valence-electron chi connectivity index (χ1n) is 6.76. The van der Waals surface area contributed by atoms with Crippen LogP contribution in [0.15, 0.2) is 48.5 Å². The van der Waals surface area contributed by atoms with Crippen molar-refractivity contribution in [1.29, 1.82) is 0 Å². The van der Waals surface area contributed by atoms with Crippen molar-refractivity contribution in [2.24, 2.45) is 0 Å². The molecule has 2 aromatic rings. The summed E-state index contributed by atoms with van der Waals surface area (Å²) in [4.78, 5) is 35.5. The molecule has 1 N–H and O–H groups in total. The second-order valence-corrected chi connectivity index (χ2v) is 5.04. The molecule has 2 rings (SSSR count). The first-order chi connectivity index (χ1) is 10.9. The summed E-state index contributed by atoms with van der Waals surface area (Å²) < 4.78 is 0. The van der Waals surface area contributed by atoms with Crippen molar-refractivity contribution >= 4 is 23.2 Å². The molecule has 0 aliphatic heterocycles. The van der Waals surface area contributed by atoms with Crippen LogP contribution in [0.3, 0.4) is 0 Å². The highest BCUT2D eigenvalue weighted by molar-refractivity contribution is 6.05. The Morgan fingerprint density at radius 1 is 1.04 bits per heavy atom. The molecule has 2 amide bonds. The Morgan fingerprint density at radius 2 is 1.70 bits per heavy atom. The Hall–Kier alpha value is -3.22. The van der Waals surface area contributed by atoms with E-state index < -0.39 is 10.8 Å². The highest BCUT2D eigenvalue weighted by Crippen LogP contribution is 2.16. The monoisotopic (exact) mass is 313 g/mol. The second kappa shape index (κ2) is 6.69. The maximum Gasteiger partial charge on any atom is 0.270 e. The van der Waals surface area contributed by atoms with Crippen molar-refractivity contribution in [3.8, 4) is 0 Å². The van der Waals surface area contributed by atoms with E-state index in [2.05, 4.69) is 5.32 Å². The molecule has 0 saturated carbocycles. The Kier molecular flexibility index (Phi) is 4.70. The van der Waals surface area contributed by atoms with Crippen LogP contribution in [0.5, 0.6) is 0 Å². The number of anilines is 1. The molecule has 0 aliphatic rings. The summed E-state index contributed by atoms with van der Waals surface area (Å²) in [6.07, 6.45) is 0. The van der Waals surface area contributed by atoms with Crippen LogP contribution in [0, 0.1) is 10.1 Å². The number of rotatable bonds is 4. The molecule has 0 fully saturated rings. The molecule has 0 heterocycles. The van der Waals surface area contributed by atoms with Crippen LogP contribution >= 0.6 is 0 Å². The first-order valence-corrected chi connectivity index (χ1v) is 6.76. The molecular formula is C16H15N3O4. The Labute approximate surface area is 132 Å². The number of amides is 2. The van der Waals surface area contributed by atoms with Gasteiger partial charge in [-0.25, -0.2) is 0 Å². The van der Waals surface area contributed by atoms with Crippen LogP contribution in [0.2, 0.25) is 0 Å². The number of hydrogen-bond donors (Lipinski definition) is 1. The standard InChI is InChI=1S/C16H15N3O4/c1-18(2)16(21)11-6-8-13(9-7-11)17-15(20)12-4-3-5-14(10-12)19(22)23/h3-10H,1-2H3,(H,17,20). The number of nitro groups is 1. The van der Waals surface area contributed by atoms with E-state index in [1.807, 2.05) is 0 Å². The molecule has 7 heteroatoms. The number of nitrogens with one attached hydrogen (secondary N) is 1. The van der Waals surface area contributed by atoms with E-state index in [1.54, 1.807) is 38.4 Å². The van der Waals surface area contributed by atoms with Crippen LogP contribution in [0.4, 0.5) is 11.4 Å². The number of carbonyl (C=O) groups excluding carboxylic acids is 2. The molecule has 0 unspecified atom stereocenters. The fraction of sp³-hybridized carbons (Fsp3) is 0.125. The van der Waals surface area contributed by atoms with Crippen molar-refractivity contribution in [3.05, 3.63) is 69.8 Å². The van der Waals surface area contributed by atoms with E-state index in [1.165, 1.54) is 29.2 Å². The van der Waals surface area contributed by atoms with E-state index in [-0.39, 0.29) is 17.2 Å². The van der Waals surface area contributed by atoms with Gasteiger partial charge in [-0.15, -0.1) is 0 Å². The Morgan fingerprint density at radius 3 is 2.26 bits per heavy atom. The number of nitro benzene ring substituents is 1. The third-order valence-electron chi connectivity index (χ3n) is 3.12. The normalized spacial score (nSPS) is 10.0. The highest BCUT2D eigenvalue weighted by atomic mass is 16.6. The van der Waals surface area contributed by atoms with Crippen LogP contribution in [0.25, 0.3) is 0 Å². The molecule has 0 spiro atoms. The molecule has 2 aromatic carbocycles. The van der Waals surface area contributed by atoms with Gasteiger partial charge < -0.3 is 10.2 Å². The largest absolute Gasteiger partial charge is 0.345 e. The maximum atomic E-state index is 12.1. The predicted molar refractivity (Wildman–Crippen MR) is 85.5 cm³/mol. The maximum absolute atomic E-state index is 12.1. The highest BCUT2D eigenvalue weighted by Gasteiger charge is 2.12. The van der Waals surface area contributed by atoms with Crippen molar-refractivity contribution in [3.63, 3.8) is 0 Å². The van der Waals surface area contributed by atoms with E-state index in [9.17, 15) is 19.7 Å². The van der Waals surface area contributed by atoms with Gasteiger partial charge in [0.15, 0.2) is 0 Å². The molecule has 0 saturated heterocycles. The lowest BCUT2D eigenvalue weighted by molar-refractivity contribution is -0.384. The average Bonchev–Trinajstić information content (AvgIpc) is 2.54. The number of nitrogens with zero attached hydrogens (tertiary/aromatic N) is 2. The summed E-state index contributed by atoms with van der Waals surface area (Å²) in [7, 11) is 3.31. The fourth-order valence-corrected chi connectivity index (χ4v) is 1.92. The topological polar surface area (TPSA) is 92.6 Å². The van der Waals surface area contributed by atoms with Gasteiger partial charge >= 0.3 is 0 Å². The zero-order valence-electron chi connectivity index (χ0n) is 12.6. The van der Waals surface area contributed by atoms with Gasteiger partial charge in [0.05, 0.1) is 4.92 Å². The van der Waals surface area contributed by atoms with Gasteiger partial charge in [-0.1, -0.05) is 6.07 Å². The van der Waals surface area contributed by atoms with Gasteiger partial charge in [0.25, 0.3) is 17.5 Å². The number of non-ortho nitro benzene ring substituents is 1. The Bertz CT molecular complexity index is 754. The molecule has 23 heavy (non-hydrogen) atoms. The van der Waals surface area contributed by atoms with Gasteiger partial charge in [0.1, 0.15) is 0 Å². The SMILES string of the molecule is CN(C)C(=O)c1ccc(NC(=O)c2cccc([N+](=O)[O-])c2)cc1. The minimum absolute atomic E-state index is 0.137. The molecule has 0 radical (unpaired) electrons.